The van der Waals surface area contributed by atoms with Gasteiger partial charge in [-0.15, -0.1) is 0 Å². The molecule has 0 radical (unpaired) electrons. The minimum atomic E-state index is 0.108. The molecule has 198 valence electrons. The number of rotatable bonds is 2. The molecule has 0 saturated heterocycles. The van der Waals surface area contributed by atoms with Crippen LogP contribution in [-0.2, 0) is 10.8 Å². The van der Waals surface area contributed by atoms with E-state index in [0.29, 0.717) is 0 Å². The van der Waals surface area contributed by atoms with Gasteiger partial charge in [-0.2, -0.15) is 0 Å². The molecule has 7 aromatic rings. The quantitative estimate of drug-likeness (QED) is 0.222. The SMILES string of the molecule is CC(C)(C)c1ccc(-n2c3ccccc3c3nc4c(cc32)c2ccccc2n4-c2ccc(C(C)(C)C)cc2)cc1. The summed E-state index contributed by atoms with van der Waals surface area (Å²) in [5, 5.41) is 3.55. The molecule has 0 spiro atoms. The summed E-state index contributed by atoms with van der Waals surface area (Å²) in [6.07, 6.45) is 0. The van der Waals surface area contributed by atoms with Crippen molar-refractivity contribution in [3.63, 3.8) is 0 Å². The molecule has 4 aromatic carbocycles. The summed E-state index contributed by atoms with van der Waals surface area (Å²) in [5.74, 6) is 0. The van der Waals surface area contributed by atoms with E-state index in [9.17, 15) is 0 Å². The van der Waals surface area contributed by atoms with Crippen LogP contribution in [0.5, 0.6) is 0 Å². The van der Waals surface area contributed by atoms with Crippen molar-refractivity contribution < 1.29 is 0 Å². The number of hydrogen-bond acceptors (Lipinski definition) is 1. The highest BCUT2D eigenvalue weighted by Gasteiger charge is 2.21. The molecule has 3 heteroatoms. The topological polar surface area (TPSA) is 22.8 Å². The lowest BCUT2D eigenvalue weighted by atomic mass is 9.87. The Kier molecular flexibility index (Phi) is 5.28. The van der Waals surface area contributed by atoms with E-state index >= 15 is 0 Å². The maximum absolute atomic E-state index is 5.44. The summed E-state index contributed by atoms with van der Waals surface area (Å²) >= 11 is 0. The Morgan fingerprint density at radius 3 is 1.50 bits per heavy atom. The third-order valence-corrected chi connectivity index (χ3v) is 8.25. The average Bonchev–Trinajstić information content (AvgIpc) is 3.43. The zero-order chi connectivity index (χ0) is 27.8. The minimum Gasteiger partial charge on any atom is -0.308 e. The van der Waals surface area contributed by atoms with Crippen LogP contribution >= 0.6 is 0 Å². The molecule has 40 heavy (non-hydrogen) atoms. The molecule has 0 aliphatic rings. The lowest BCUT2D eigenvalue weighted by Crippen LogP contribution is -2.10. The van der Waals surface area contributed by atoms with Gasteiger partial charge in [0.15, 0.2) is 0 Å². The first-order valence-corrected chi connectivity index (χ1v) is 14.2. The summed E-state index contributed by atoms with van der Waals surface area (Å²) in [6.45, 7) is 13.5. The second-order valence-corrected chi connectivity index (χ2v) is 13.0. The molecule has 0 aliphatic carbocycles. The molecule has 0 aliphatic heterocycles. The third-order valence-electron chi connectivity index (χ3n) is 8.25. The van der Waals surface area contributed by atoms with Crippen LogP contribution in [0.4, 0.5) is 0 Å². The van der Waals surface area contributed by atoms with Crippen LogP contribution in [0.3, 0.4) is 0 Å². The Hall–Kier alpha value is -4.37. The molecule has 7 rings (SSSR count). The summed E-state index contributed by atoms with van der Waals surface area (Å²) in [7, 11) is 0. The average molecular weight is 522 g/mol. The highest BCUT2D eigenvalue weighted by Crippen LogP contribution is 2.38. The van der Waals surface area contributed by atoms with E-state index in [1.54, 1.807) is 0 Å². The second kappa shape index (κ2) is 8.56. The number of pyridine rings is 1. The smallest absolute Gasteiger partial charge is 0.146 e. The molecule has 0 atom stereocenters. The van der Waals surface area contributed by atoms with E-state index in [0.717, 1.165) is 28.1 Å². The van der Waals surface area contributed by atoms with Gasteiger partial charge < -0.3 is 4.57 Å². The van der Waals surface area contributed by atoms with E-state index in [2.05, 4.69) is 154 Å². The monoisotopic (exact) mass is 521 g/mol. The Balaban J connectivity index is 1.54. The maximum atomic E-state index is 5.44. The molecule has 3 nitrogen and oxygen atoms in total. The van der Waals surface area contributed by atoms with E-state index in [4.69, 9.17) is 4.98 Å². The van der Waals surface area contributed by atoms with Crippen LogP contribution in [0, 0.1) is 0 Å². The lowest BCUT2D eigenvalue weighted by Gasteiger charge is -2.19. The normalized spacial score (nSPS) is 12.8. The van der Waals surface area contributed by atoms with Crippen molar-refractivity contribution in [1.29, 1.82) is 0 Å². The number of nitrogens with zero attached hydrogens (tertiary/aromatic N) is 3. The molecule has 3 aromatic heterocycles. The predicted molar refractivity (Wildman–Crippen MR) is 170 cm³/mol. The van der Waals surface area contributed by atoms with Gasteiger partial charge in [-0.1, -0.05) is 102 Å². The fourth-order valence-electron chi connectivity index (χ4n) is 6.00. The highest BCUT2D eigenvalue weighted by molar-refractivity contribution is 6.15. The molecule has 0 unspecified atom stereocenters. The Morgan fingerprint density at radius 2 is 0.950 bits per heavy atom. The predicted octanol–water partition coefficient (Wildman–Crippen LogP) is 9.87. The van der Waals surface area contributed by atoms with Gasteiger partial charge >= 0.3 is 0 Å². The number of aromatic nitrogens is 3. The molecular formula is C37H35N3. The van der Waals surface area contributed by atoms with E-state index in [1.165, 1.54) is 38.3 Å². The van der Waals surface area contributed by atoms with Gasteiger partial charge in [0.05, 0.1) is 22.1 Å². The van der Waals surface area contributed by atoms with Crippen LogP contribution in [0.25, 0.3) is 55.2 Å². The maximum Gasteiger partial charge on any atom is 0.146 e. The van der Waals surface area contributed by atoms with Crippen molar-refractivity contribution in [3.8, 4) is 11.4 Å². The number of benzene rings is 4. The van der Waals surface area contributed by atoms with Crippen molar-refractivity contribution in [3.05, 3.63) is 114 Å². The first-order valence-electron chi connectivity index (χ1n) is 14.2. The lowest BCUT2D eigenvalue weighted by molar-refractivity contribution is 0.590. The Labute approximate surface area is 235 Å². The molecule has 3 heterocycles. The van der Waals surface area contributed by atoms with Gasteiger partial charge in [0, 0.05) is 27.5 Å². The van der Waals surface area contributed by atoms with Crippen molar-refractivity contribution >= 4 is 43.9 Å². The Bertz CT molecular complexity index is 1890. The standard InChI is InChI=1S/C37H35N3/c1-36(2,3)24-15-19-26(20-16-24)39-32-14-10-8-12-29(32)34-33(39)23-30-28-11-7-9-13-31(28)40(35(30)38-34)27-21-17-25(18-22-27)37(4,5)6/h7-23H,1-6H3. The first kappa shape index (κ1) is 24.7. The minimum absolute atomic E-state index is 0.108. The molecule has 0 fully saturated rings. The largest absolute Gasteiger partial charge is 0.308 e. The van der Waals surface area contributed by atoms with Crippen LogP contribution in [-0.4, -0.2) is 14.1 Å². The number of para-hydroxylation sites is 2. The summed E-state index contributed by atoms with van der Waals surface area (Å²) in [5.41, 5.74) is 10.7. The van der Waals surface area contributed by atoms with Gasteiger partial charge in [0.2, 0.25) is 0 Å². The van der Waals surface area contributed by atoms with E-state index in [1.807, 2.05) is 0 Å². The zero-order valence-electron chi connectivity index (χ0n) is 24.2. The summed E-state index contributed by atoms with van der Waals surface area (Å²) < 4.78 is 4.69. The van der Waals surface area contributed by atoms with Crippen molar-refractivity contribution in [2.75, 3.05) is 0 Å². The van der Waals surface area contributed by atoms with Crippen molar-refractivity contribution in [1.82, 2.24) is 14.1 Å². The van der Waals surface area contributed by atoms with Gasteiger partial charge in [-0.25, -0.2) is 4.98 Å². The highest BCUT2D eigenvalue weighted by atomic mass is 15.1. The molecule has 0 N–H and O–H groups in total. The second-order valence-electron chi connectivity index (χ2n) is 13.0. The Morgan fingerprint density at radius 1 is 0.475 bits per heavy atom. The molecule has 0 saturated carbocycles. The van der Waals surface area contributed by atoms with E-state index in [-0.39, 0.29) is 10.8 Å². The first-order chi connectivity index (χ1) is 19.1. The van der Waals surface area contributed by atoms with Crippen LogP contribution in [0.1, 0.15) is 52.7 Å². The van der Waals surface area contributed by atoms with Gasteiger partial charge in [0.25, 0.3) is 0 Å². The van der Waals surface area contributed by atoms with Crippen LogP contribution < -0.4 is 0 Å². The number of hydrogen-bond donors (Lipinski definition) is 0. The van der Waals surface area contributed by atoms with Crippen molar-refractivity contribution in [2.45, 2.75) is 52.4 Å². The zero-order valence-corrected chi connectivity index (χ0v) is 24.2. The van der Waals surface area contributed by atoms with Gasteiger partial charge in [-0.05, 0) is 64.4 Å². The fourth-order valence-corrected chi connectivity index (χ4v) is 6.00. The summed E-state index contributed by atoms with van der Waals surface area (Å²) in [6, 6.07) is 37.6. The fraction of sp³-hybridized carbons (Fsp3) is 0.216. The molecule has 0 amide bonds. The van der Waals surface area contributed by atoms with Crippen LogP contribution in [0.2, 0.25) is 0 Å². The van der Waals surface area contributed by atoms with Crippen LogP contribution in [0.15, 0.2) is 103 Å². The van der Waals surface area contributed by atoms with Gasteiger partial charge in [0.1, 0.15) is 5.65 Å². The molecular weight excluding hydrogens is 486 g/mol. The third kappa shape index (κ3) is 3.76. The summed E-state index contributed by atoms with van der Waals surface area (Å²) in [4.78, 5) is 5.44. The van der Waals surface area contributed by atoms with E-state index < -0.39 is 0 Å². The van der Waals surface area contributed by atoms with Crippen molar-refractivity contribution in [2.24, 2.45) is 0 Å². The molecule has 0 bridgehead atoms. The van der Waals surface area contributed by atoms with Gasteiger partial charge in [-0.3, -0.25) is 4.57 Å². The number of fused-ring (bicyclic) bond motifs is 6.